The van der Waals surface area contributed by atoms with Crippen LogP contribution in [0.15, 0.2) is 12.2 Å². The quantitative estimate of drug-likeness (QED) is 0.455. The van der Waals surface area contributed by atoms with Gasteiger partial charge in [0, 0.05) is 11.8 Å². The standard InChI is InChI=1S/C28H44O/c1-17(2)18(3)7-8-19(4)22-9-10-23-21-15-25(29)28-16-20(28)11-14-27(28,6)24(21)12-13-26(22,23)5/h7-8,17-24H,9-16H2,1-6H3/b8-7+/t18-,19+,20?,21-,22+,23-,24-,26+,27+,28-/m0/s1. The Morgan fingerprint density at radius 3 is 2.38 bits per heavy atom. The van der Waals surface area contributed by atoms with Crippen molar-refractivity contribution in [1.29, 1.82) is 0 Å². The van der Waals surface area contributed by atoms with Crippen LogP contribution in [-0.2, 0) is 4.79 Å². The van der Waals surface area contributed by atoms with Crippen LogP contribution in [-0.4, -0.2) is 5.78 Å². The van der Waals surface area contributed by atoms with Gasteiger partial charge in [0.25, 0.3) is 0 Å². The molecule has 0 amide bonds. The molecule has 5 saturated carbocycles. The minimum Gasteiger partial charge on any atom is -0.299 e. The Kier molecular flexibility index (Phi) is 4.53. The molecule has 5 aliphatic carbocycles. The summed E-state index contributed by atoms with van der Waals surface area (Å²) in [6.45, 7) is 14.6. The summed E-state index contributed by atoms with van der Waals surface area (Å²) < 4.78 is 0. The van der Waals surface area contributed by atoms with E-state index in [1.807, 2.05) is 0 Å². The number of ketones is 1. The third kappa shape index (κ3) is 2.54. The molecule has 0 aromatic carbocycles. The molecular formula is C28H44O. The molecule has 5 rings (SSSR count). The number of carbonyl (C=O) groups is 1. The molecule has 5 fully saturated rings. The van der Waals surface area contributed by atoms with Gasteiger partial charge in [-0.05, 0) is 103 Å². The molecule has 1 spiro atoms. The molecule has 0 heterocycles. The van der Waals surface area contributed by atoms with Crippen molar-refractivity contribution in [3.63, 3.8) is 0 Å². The van der Waals surface area contributed by atoms with E-state index in [2.05, 4.69) is 53.7 Å². The molecule has 162 valence electrons. The van der Waals surface area contributed by atoms with Crippen molar-refractivity contribution < 1.29 is 4.79 Å². The van der Waals surface area contributed by atoms with Crippen LogP contribution in [0.3, 0.4) is 0 Å². The molecule has 5 aliphatic rings. The first-order valence-corrected chi connectivity index (χ1v) is 12.9. The Morgan fingerprint density at radius 1 is 0.931 bits per heavy atom. The molecule has 0 N–H and O–H groups in total. The summed E-state index contributed by atoms with van der Waals surface area (Å²) in [6, 6.07) is 0. The molecule has 0 saturated heterocycles. The SMILES string of the molecule is CC(C)[C@@H](C)/C=C/[C@@H](C)[C@H]1CC[C@H]2[C@@H]3CC(=O)[C@]45CC4CC[C@]5(C)[C@H]3CC[C@]12C. The largest absolute Gasteiger partial charge is 0.299 e. The first-order chi connectivity index (χ1) is 13.6. The summed E-state index contributed by atoms with van der Waals surface area (Å²) in [5, 5.41) is 0. The van der Waals surface area contributed by atoms with E-state index in [4.69, 9.17) is 0 Å². The highest BCUT2D eigenvalue weighted by Crippen LogP contribution is 2.80. The van der Waals surface area contributed by atoms with Crippen LogP contribution in [0.25, 0.3) is 0 Å². The first-order valence-electron chi connectivity index (χ1n) is 12.9. The Balaban J connectivity index is 1.38. The van der Waals surface area contributed by atoms with Gasteiger partial charge >= 0.3 is 0 Å². The molecule has 0 bridgehead atoms. The molecular weight excluding hydrogens is 352 g/mol. The van der Waals surface area contributed by atoms with Gasteiger partial charge in [-0.2, -0.15) is 0 Å². The van der Waals surface area contributed by atoms with Gasteiger partial charge in [-0.1, -0.05) is 53.7 Å². The summed E-state index contributed by atoms with van der Waals surface area (Å²) >= 11 is 0. The van der Waals surface area contributed by atoms with Gasteiger partial charge in [0.15, 0.2) is 0 Å². The number of allylic oxidation sites excluding steroid dienone is 2. The number of fused-ring (bicyclic) bond motifs is 4. The van der Waals surface area contributed by atoms with Gasteiger partial charge in [-0.15, -0.1) is 0 Å². The third-order valence-electron chi connectivity index (χ3n) is 11.8. The minimum atomic E-state index is 0.142. The van der Waals surface area contributed by atoms with Crippen molar-refractivity contribution in [2.24, 2.45) is 63.6 Å². The van der Waals surface area contributed by atoms with E-state index in [0.29, 0.717) is 34.4 Å². The van der Waals surface area contributed by atoms with Crippen molar-refractivity contribution in [3.05, 3.63) is 12.2 Å². The van der Waals surface area contributed by atoms with Gasteiger partial charge in [-0.3, -0.25) is 4.79 Å². The molecule has 0 aromatic rings. The molecule has 1 nitrogen and oxygen atoms in total. The maximum absolute atomic E-state index is 13.4. The molecule has 29 heavy (non-hydrogen) atoms. The van der Waals surface area contributed by atoms with Crippen molar-refractivity contribution in [2.75, 3.05) is 0 Å². The second kappa shape index (κ2) is 6.46. The normalized spacial score (nSPS) is 52.8. The fourth-order valence-electron chi connectivity index (χ4n) is 9.62. The Hall–Kier alpha value is -0.590. The highest BCUT2D eigenvalue weighted by Gasteiger charge is 2.77. The van der Waals surface area contributed by atoms with E-state index < -0.39 is 0 Å². The fourth-order valence-corrected chi connectivity index (χ4v) is 9.62. The lowest BCUT2D eigenvalue weighted by atomic mass is 9.45. The van der Waals surface area contributed by atoms with E-state index in [-0.39, 0.29) is 5.41 Å². The summed E-state index contributed by atoms with van der Waals surface area (Å²) in [7, 11) is 0. The monoisotopic (exact) mass is 396 g/mol. The summed E-state index contributed by atoms with van der Waals surface area (Å²) in [4.78, 5) is 13.4. The van der Waals surface area contributed by atoms with Crippen LogP contribution in [0.1, 0.15) is 92.9 Å². The Bertz CT molecular complexity index is 720. The van der Waals surface area contributed by atoms with Crippen LogP contribution in [0, 0.1) is 63.6 Å². The predicted octanol–water partition coefficient (Wildman–Crippen LogP) is 7.31. The fraction of sp³-hybridized carbons (Fsp3) is 0.893. The van der Waals surface area contributed by atoms with Crippen molar-refractivity contribution >= 4 is 5.78 Å². The number of hydrogen-bond acceptors (Lipinski definition) is 1. The van der Waals surface area contributed by atoms with Gasteiger partial charge in [0.1, 0.15) is 5.78 Å². The lowest BCUT2D eigenvalue weighted by Gasteiger charge is -2.58. The summed E-state index contributed by atoms with van der Waals surface area (Å²) in [6.07, 6.45) is 15.4. The van der Waals surface area contributed by atoms with E-state index >= 15 is 0 Å². The van der Waals surface area contributed by atoms with Gasteiger partial charge in [0.2, 0.25) is 0 Å². The highest BCUT2D eigenvalue weighted by molar-refractivity contribution is 5.91. The van der Waals surface area contributed by atoms with Gasteiger partial charge in [-0.25, -0.2) is 0 Å². The molecule has 1 unspecified atom stereocenters. The zero-order valence-corrected chi connectivity index (χ0v) is 19.8. The second-order valence-electron chi connectivity index (χ2n) is 12.9. The first kappa shape index (κ1) is 20.3. The number of carbonyl (C=O) groups excluding carboxylic acids is 1. The van der Waals surface area contributed by atoms with Crippen molar-refractivity contribution in [2.45, 2.75) is 92.9 Å². The van der Waals surface area contributed by atoms with E-state index in [9.17, 15) is 4.79 Å². The summed E-state index contributed by atoms with van der Waals surface area (Å²) in [5.41, 5.74) is 0.937. The Labute approximate surface area is 179 Å². The Morgan fingerprint density at radius 2 is 1.69 bits per heavy atom. The van der Waals surface area contributed by atoms with Crippen LogP contribution >= 0.6 is 0 Å². The maximum Gasteiger partial charge on any atom is 0.140 e. The predicted molar refractivity (Wildman–Crippen MR) is 120 cm³/mol. The molecule has 0 radical (unpaired) electrons. The number of Topliss-reactive ketones (excluding diaryl/α,β-unsaturated/α-hetero) is 1. The summed E-state index contributed by atoms with van der Waals surface area (Å²) in [5.74, 6) is 6.63. The number of hydrogen-bond donors (Lipinski definition) is 0. The van der Waals surface area contributed by atoms with Crippen molar-refractivity contribution in [1.82, 2.24) is 0 Å². The zero-order chi connectivity index (χ0) is 20.8. The maximum atomic E-state index is 13.4. The number of rotatable bonds is 4. The molecule has 1 heteroatoms. The van der Waals surface area contributed by atoms with Crippen molar-refractivity contribution in [3.8, 4) is 0 Å². The van der Waals surface area contributed by atoms with Crippen LogP contribution in [0.5, 0.6) is 0 Å². The van der Waals surface area contributed by atoms with Crippen LogP contribution in [0.4, 0.5) is 0 Å². The highest BCUT2D eigenvalue weighted by atomic mass is 16.1. The third-order valence-corrected chi connectivity index (χ3v) is 11.8. The minimum absolute atomic E-state index is 0.142. The van der Waals surface area contributed by atoms with E-state index in [1.165, 1.54) is 44.9 Å². The second-order valence-corrected chi connectivity index (χ2v) is 12.9. The van der Waals surface area contributed by atoms with E-state index in [0.717, 1.165) is 36.0 Å². The van der Waals surface area contributed by atoms with Crippen LogP contribution in [0.2, 0.25) is 0 Å². The van der Waals surface area contributed by atoms with E-state index in [1.54, 1.807) is 0 Å². The van der Waals surface area contributed by atoms with Gasteiger partial charge < -0.3 is 0 Å². The lowest BCUT2D eigenvalue weighted by Crippen LogP contribution is -2.55. The lowest BCUT2D eigenvalue weighted by molar-refractivity contribution is -0.151. The van der Waals surface area contributed by atoms with Crippen LogP contribution < -0.4 is 0 Å². The average Bonchev–Trinajstić information content (AvgIpc) is 3.20. The van der Waals surface area contributed by atoms with Gasteiger partial charge in [0.05, 0.1) is 0 Å². The topological polar surface area (TPSA) is 17.1 Å². The molecule has 0 aromatic heterocycles. The molecule has 0 aliphatic heterocycles. The molecule has 10 atom stereocenters. The average molecular weight is 397 g/mol. The zero-order valence-electron chi connectivity index (χ0n) is 19.8. The smallest absolute Gasteiger partial charge is 0.140 e.